The molecule has 0 atom stereocenters. The van der Waals surface area contributed by atoms with Crippen molar-refractivity contribution in [2.75, 3.05) is 6.54 Å². The lowest BCUT2D eigenvalue weighted by molar-refractivity contribution is -0.146. The molecular formula is C14H19N3O2. The maximum Gasteiger partial charge on any atom is 0.310 e. The quantitative estimate of drug-likeness (QED) is 0.861. The van der Waals surface area contributed by atoms with Crippen LogP contribution in [-0.4, -0.2) is 27.2 Å². The molecule has 0 saturated carbocycles. The first-order valence-electron chi connectivity index (χ1n) is 6.24. The molecule has 0 amide bonds. The molecule has 0 fully saturated rings. The molecule has 2 N–H and O–H groups in total. The van der Waals surface area contributed by atoms with Gasteiger partial charge in [-0.1, -0.05) is 6.07 Å². The van der Waals surface area contributed by atoms with Gasteiger partial charge in [0.25, 0.3) is 0 Å². The normalized spacial score (nSPS) is 11.9. The maximum atomic E-state index is 11.0. The van der Waals surface area contributed by atoms with E-state index in [1.807, 2.05) is 29.8 Å². The Kier molecular flexibility index (Phi) is 3.57. The first-order chi connectivity index (χ1) is 8.90. The highest BCUT2D eigenvalue weighted by atomic mass is 16.4. The van der Waals surface area contributed by atoms with Crippen molar-refractivity contribution < 1.29 is 9.90 Å². The van der Waals surface area contributed by atoms with Crippen LogP contribution < -0.4 is 5.32 Å². The molecule has 0 unspecified atom stereocenters. The molecule has 2 rings (SSSR count). The van der Waals surface area contributed by atoms with Crippen molar-refractivity contribution in [1.29, 1.82) is 0 Å². The molecule has 0 saturated heterocycles. The summed E-state index contributed by atoms with van der Waals surface area (Å²) in [5.74, 6) is -0.792. The topological polar surface area (TPSA) is 67.2 Å². The highest BCUT2D eigenvalue weighted by molar-refractivity contribution is 5.76. The Labute approximate surface area is 112 Å². The highest BCUT2D eigenvalue weighted by Crippen LogP contribution is 2.15. The van der Waals surface area contributed by atoms with Crippen LogP contribution >= 0.6 is 0 Å². The van der Waals surface area contributed by atoms with Gasteiger partial charge >= 0.3 is 5.97 Å². The zero-order valence-corrected chi connectivity index (χ0v) is 11.5. The molecule has 5 nitrogen and oxygen atoms in total. The SMILES string of the molecule is Cn1cnc2cc(CNCC(C)(C)C(=O)O)ccc21. The second-order valence-corrected chi connectivity index (χ2v) is 5.47. The lowest BCUT2D eigenvalue weighted by Crippen LogP contribution is -2.35. The first kappa shape index (κ1) is 13.5. The van der Waals surface area contributed by atoms with E-state index in [0.29, 0.717) is 13.1 Å². The Balaban J connectivity index is 2.00. The Morgan fingerprint density at radius 2 is 2.21 bits per heavy atom. The van der Waals surface area contributed by atoms with E-state index in [4.69, 9.17) is 5.11 Å². The van der Waals surface area contributed by atoms with Crippen LogP contribution in [0, 0.1) is 5.41 Å². The third-order valence-corrected chi connectivity index (χ3v) is 3.26. The number of nitrogens with one attached hydrogen (secondary N) is 1. The smallest absolute Gasteiger partial charge is 0.310 e. The average Bonchev–Trinajstić information content (AvgIpc) is 2.70. The van der Waals surface area contributed by atoms with E-state index in [9.17, 15) is 4.79 Å². The zero-order valence-electron chi connectivity index (χ0n) is 11.5. The van der Waals surface area contributed by atoms with Gasteiger partial charge in [-0.3, -0.25) is 4.79 Å². The Morgan fingerprint density at radius 3 is 2.89 bits per heavy atom. The van der Waals surface area contributed by atoms with Crippen LogP contribution in [-0.2, 0) is 18.4 Å². The molecule has 102 valence electrons. The van der Waals surface area contributed by atoms with Gasteiger partial charge in [-0.2, -0.15) is 0 Å². The summed E-state index contributed by atoms with van der Waals surface area (Å²) >= 11 is 0. The minimum Gasteiger partial charge on any atom is -0.481 e. The van der Waals surface area contributed by atoms with Crippen molar-refractivity contribution >= 4 is 17.0 Å². The third-order valence-electron chi connectivity index (χ3n) is 3.26. The Morgan fingerprint density at radius 1 is 1.47 bits per heavy atom. The number of nitrogens with zero attached hydrogens (tertiary/aromatic N) is 2. The average molecular weight is 261 g/mol. The molecule has 0 aliphatic carbocycles. The van der Waals surface area contributed by atoms with E-state index < -0.39 is 11.4 Å². The van der Waals surface area contributed by atoms with Crippen LogP contribution in [0.4, 0.5) is 0 Å². The third kappa shape index (κ3) is 2.93. The summed E-state index contributed by atoms with van der Waals surface area (Å²) in [5, 5.41) is 12.2. The fraction of sp³-hybridized carbons (Fsp3) is 0.429. The number of aryl methyl sites for hydroxylation is 1. The number of rotatable bonds is 5. The van der Waals surface area contributed by atoms with Gasteiger partial charge in [-0.15, -0.1) is 0 Å². The lowest BCUT2D eigenvalue weighted by Gasteiger charge is -2.19. The summed E-state index contributed by atoms with van der Waals surface area (Å²) < 4.78 is 1.97. The van der Waals surface area contributed by atoms with Gasteiger partial charge in [-0.25, -0.2) is 4.98 Å². The van der Waals surface area contributed by atoms with Crippen LogP contribution in [0.25, 0.3) is 11.0 Å². The molecule has 5 heteroatoms. The van der Waals surface area contributed by atoms with Crippen molar-refractivity contribution in [3.63, 3.8) is 0 Å². The second kappa shape index (κ2) is 5.01. The fourth-order valence-electron chi connectivity index (χ4n) is 1.89. The van der Waals surface area contributed by atoms with E-state index in [0.717, 1.165) is 16.6 Å². The molecule has 1 heterocycles. The largest absolute Gasteiger partial charge is 0.481 e. The molecular weight excluding hydrogens is 242 g/mol. The van der Waals surface area contributed by atoms with E-state index in [1.54, 1.807) is 20.2 Å². The molecule has 1 aromatic heterocycles. The number of imidazole rings is 1. The summed E-state index contributed by atoms with van der Waals surface area (Å²) in [5.41, 5.74) is 2.40. The number of aliphatic carboxylic acids is 1. The molecule has 0 bridgehead atoms. The fourth-order valence-corrected chi connectivity index (χ4v) is 1.89. The number of carbonyl (C=O) groups is 1. The van der Waals surface area contributed by atoms with Crippen LogP contribution in [0.15, 0.2) is 24.5 Å². The zero-order chi connectivity index (χ0) is 14.0. The number of hydrogen-bond donors (Lipinski definition) is 2. The predicted molar refractivity (Wildman–Crippen MR) is 73.8 cm³/mol. The minimum atomic E-state index is -0.792. The van der Waals surface area contributed by atoms with Gasteiger partial charge in [0.1, 0.15) is 0 Å². The minimum absolute atomic E-state index is 0.433. The Hall–Kier alpha value is -1.88. The van der Waals surface area contributed by atoms with Gasteiger partial charge in [0.15, 0.2) is 0 Å². The molecule has 19 heavy (non-hydrogen) atoms. The van der Waals surface area contributed by atoms with E-state index in [-0.39, 0.29) is 0 Å². The van der Waals surface area contributed by atoms with Crippen molar-refractivity contribution in [3.8, 4) is 0 Å². The summed E-state index contributed by atoms with van der Waals surface area (Å²) in [6.07, 6.45) is 1.79. The van der Waals surface area contributed by atoms with Gasteiger partial charge in [0.2, 0.25) is 0 Å². The lowest BCUT2D eigenvalue weighted by atomic mass is 9.94. The second-order valence-electron chi connectivity index (χ2n) is 5.47. The molecule has 0 aliphatic rings. The number of carboxylic acid groups (broad SMARTS) is 1. The Bertz CT molecular complexity index is 602. The van der Waals surface area contributed by atoms with Crippen LogP contribution in [0.1, 0.15) is 19.4 Å². The van der Waals surface area contributed by atoms with E-state index in [2.05, 4.69) is 10.3 Å². The predicted octanol–water partition coefficient (Wildman–Crippen LogP) is 1.77. The molecule has 0 aliphatic heterocycles. The van der Waals surface area contributed by atoms with Crippen molar-refractivity contribution in [1.82, 2.24) is 14.9 Å². The van der Waals surface area contributed by atoms with Crippen molar-refractivity contribution in [3.05, 3.63) is 30.1 Å². The van der Waals surface area contributed by atoms with Gasteiger partial charge in [-0.05, 0) is 31.5 Å². The van der Waals surface area contributed by atoms with Crippen LogP contribution in [0.3, 0.4) is 0 Å². The molecule has 1 aromatic carbocycles. The molecule has 0 radical (unpaired) electrons. The molecule has 0 spiro atoms. The maximum absolute atomic E-state index is 11.0. The standard InChI is InChI=1S/C14H19N3O2/c1-14(2,13(18)19)8-15-7-10-4-5-12-11(6-10)16-9-17(12)3/h4-6,9,15H,7-8H2,1-3H3,(H,18,19). The van der Waals surface area contributed by atoms with Crippen LogP contribution in [0.2, 0.25) is 0 Å². The number of fused-ring (bicyclic) bond motifs is 1. The number of hydrogen-bond acceptors (Lipinski definition) is 3. The van der Waals surface area contributed by atoms with Gasteiger partial charge < -0.3 is 15.0 Å². The van der Waals surface area contributed by atoms with Gasteiger partial charge in [0, 0.05) is 20.1 Å². The number of benzene rings is 1. The monoisotopic (exact) mass is 261 g/mol. The summed E-state index contributed by atoms with van der Waals surface area (Å²) in [6.45, 7) is 4.50. The number of aromatic nitrogens is 2. The van der Waals surface area contributed by atoms with Gasteiger partial charge in [0.05, 0.1) is 22.8 Å². The van der Waals surface area contributed by atoms with Crippen molar-refractivity contribution in [2.45, 2.75) is 20.4 Å². The first-order valence-corrected chi connectivity index (χ1v) is 6.24. The summed E-state index contributed by atoms with van der Waals surface area (Å²) in [6, 6.07) is 6.09. The van der Waals surface area contributed by atoms with Crippen LogP contribution in [0.5, 0.6) is 0 Å². The van der Waals surface area contributed by atoms with E-state index >= 15 is 0 Å². The van der Waals surface area contributed by atoms with Crippen molar-refractivity contribution in [2.24, 2.45) is 12.5 Å². The van der Waals surface area contributed by atoms with E-state index in [1.165, 1.54) is 0 Å². The summed E-state index contributed by atoms with van der Waals surface area (Å²) in [7, 11) is 1.96. The molecule has 2 aromatic rings. The summed E-state index contributed by atoms with van der Waals surface area (Å²) in [4.78, 5) is 15.3. The highest BCUT2D eigenvalue weighted by Gasteiger charge is 2.26. The number of carboxylic acids is 1.